The van der Waals surface area contributed by atoms with Crippen LogP contribution in [0.2, 0.25) is 5.15 Å². The molecule has 23 heavy (non-hydrogen) atoms. The fraction of sp³-hybridized carbons (Fsp3) is 0.500. The third-order valence-electron chi connectivity index (χ3n) is 3.82. The van der Waals surface area contributed by atoms with Crippen LogP contribution in [0.4, 0.5) is 13.2 Å². The Balaban J connectivity index is 2.06. The Labute approximate surface area is 135 Å². The molecule has 0 aliphatic carbocycles. The topological polar surface area (TPSA) is 50.5 Å². The Bertz CT molecular complexity index is 743. The number of aromatic nitrogens is 3. The molecule has 3 heterocycles. The molecule has 0 spiro atoms. The molecule has 1 fully saturated rings. The minimum absolute atomic E-state index is 0.0546. The Morgan fingerprint density at radius 3 is 2.74 bits per heavy atom. The minimum atomic E-state index is -4.62. The van der Waals surface area contributed by atoms with Gasteiger partial charge in [-0.2, -0.15) is 18.3 Å². The van der Waals surface area contributed by atoms with Gasteiger partial charge in [-0.25, -0.2) is 9.50 Å². The van der Waals surface area contributed by atoms with E-state index in [2.05, 4.69) is 10.1 Å². The van der Waals surface area contributed by atoms with Gasteiger partial charge in [-0.3, -0.25) is 4.79 Å². The van der Waals surface area contributed by atoms with Gasteiger partial charge < -0.3 is 4.90 Å². The van der Waals surface area contributed by atoms with Crippen LogP contribution in [0.25, 0.3) is 5.65 Å². The van der Waals surface area contributed by atoms with Gasteiger partial charge in [0.25, 0.3) is 0 Å². The van der Waals surface area contributed by atoms with E-state index in [1.54, 1.807) is 0 Å². The molecule has 124 valence electrons. The lowest BCUT2D eigenvalue weighted by Crippen LogP contribution is -2.31. The molecule has 5 nitrogen and oxygen atoms in total. The van der Waals surface area contributed by atoms with Crippen molar-refractivity contribution in [2.45, 2.75) is 38.4 Å². The standard InChI is InChI=1S/C14H14ClF3N4O/c15-10-5-6-11-19-13(14(16,17)18)9(22(11)20-10)8-21-7-3-1-2-4-12(21)23/h5-6H,1-4,7-8H2. The van der Waals surface area contributed by atoms with E-state index in [4.69, 9.17) is 11.6 Å². The molecule has 0 saturated carbocycles. The molecule has 2 aromatic heterocycles. The first-order valence-electron chi connectivity index (χ1n) is 7.25. The quantitative estimate of drug-likeness (QED) is 0.838. The second-order valence-electron chi connectivity index (χ2n) is 5.46. The van der Waals surface area contributed by atoms with Crippen LogP contribution >= 0.6 is 11.6 Å². The predicted molar refractivity (Wildman–Crippen MR) is 76.9 cm³/mol. The molecule has 9 heteroatoms. The van der Waals surface area contributed by atoms with Gasteiger partial charge in [0.05, 0.1) is 12.2 Å². The monoisotopic (exact) mass is 346 g/mol. The van der Waals surface area contributed by atoms with Crippen LogP contribution in [-0.2, 0) is 17.5 Å². The summed E-state index contributed by atoms with van der Waals surface area (Å²) in [5.74, 6) is -0.146. The Hall–Kier alpha value is -1.83. The van der Waals surface area contributed by atoms with Crippen molar-refractivity contribution in [1.82, 2.24) is 19.5 Å². The summed E-state index contributed by atoms with van der Waals surface area (Å²) in [6.45, 7) is 0.256. The maximum absolute atomic E-state index is 13.3. The van der Waals surface area contributed by atoms with E-state index in [1.807, 2.05) is 0 Å². The number of nitrogens with zero attached hydrogens (tertiary/aromatic N) is 4. The SMILES string of the molecule is O=C1CCCCCN1Cc1c(C(F)(F)F)nc2ccc(Cl)nn12. The number of likely N-dealkylation sites (tertiary alicyclic amines) is 1. The fourth-order valence-electron chi connectivity index (χ4n) is 2.71. The molecular formula is C14H14ClF3N4O. The number of rotatable bonds is 2. The summed E-state index contributed by atoms with van der Waals surface area (Å²) in [6.07, 6.45) is -1.83. The number of carbonyl (C=O) groups excluding carboxylic acids is 1. The summed E-state index contributed by atoms with van der Waals surface area (Å²) in [4.78, 5) is 17.1. The number of imidazole rings is 1. The van der Waals surface area contributed by atoms with Gasteiger partial charge in [-0.1, -0.05) is 18.0 Å². The zero-order valence-electron chi connectivity index (χ0n) is 12.1. The molecule has 1 aliphatic rings. The highest BCUT2D eigenvalue weighted by molar-refractivity contribution is 6.29. The highest BCUT2D eigenvalue weighted by Crippen LogP contribution is 2.33. The third-order valence-corrected chi connectivity index (χ3v) is 4.02. The second-order valence-corrected chi connectivity index (χ2v) is 5.84. The van der Waals surface area contributed by atoms with Gasteiger partial charge in [-0.15, -0.1) is 0 Å². The van der Waals surface area contributed by atoms with Crippen molar-refractivity contribution in [2.75, 3.05) is 6.54 Å². The van der Waals surface area contributed by atoms with Crippen molar-refractivity contribution in [1.29, 1.82) is 0 Å². The van der Waals surface area contributed by atoms with Crippen molar-refractivity contribution in [2.24, 2.45) is 0 Å². The molecular weight excluding hydrogens is 333 g/mol. The van der Waals surface area contributed by atoms with Crippen molar-refractivity contribution in [3.8, 4) is 0 Å². The van der Waals surface area contributed by atoms with Gasteiger partial charge in [0.2, 0.25) is 5.91 Å². The van der Waals surface area contributed by atoms with E-state index in [0.29, 0.717) is 13.0 Å². The lowest BCUT2D eigenvalue weighted by molar-refractivity contribution is -0.142. The Kier molecular flexibility index (Phi) is 4.18. The first-order chi connectivity index (χ1) is 10.9. The maximum atomic E-state index is 13.3. The fourth-order valence-corrected chi connectivity index (χ4v) is 2.85. The Morgan fingerprint density at radius 2 is 2.00 bits per heavy atom. The summed E-state index contributed by atoms with van der Waals surface area (Å²) in [5, 5.41) is 3.97. The first-order valence-corrected chi connectivity index (χ1v) is 7.63. The molecule has 1 amide bonds. The largest absolute Gasteiger partial charge is 0.435 e. The van der Waals surface area contributed by atoms with Crippen LogP contribution in [0.5, 0.6) is 0 Å². The van der Waals surface area contributed by atoms with E-state index < -0.39 is 11.9 Å². The van der Waals surface area contributed by atoms with Crippen molar-refractivity contribution >= 4 is 23.2 Å². The molecule has 0 bridgehead atoms. The number of alkyl halides is 3. The molecule has 0 N–H and O–H groups in total. The molecule has 1 saturated heterocycles. The average Bonchev–Trinajstić information content (AvgIpc) is 2.70. The molecule has 1 aliphatic heterocycles. The molecule has 0 unspecified atom stereocenters. The molecule has 2 aromatic rings. The van der Waals surface area contributed by atoms with Crippen LogP contribution in [0, 0.1) is 0 Å². The lowest BCUT2D eigenvalue weighted by Gasteiger charge is -2.21. The second kappa shape index (κ2) is 5.99. The highest BCUT2D eigenvalue weighted by atomic mass is 35.5. The van der Waals surface area contributed by atoms with Gasteiger partial charge in [0.15, 0.2) is 11.3 Å². The minimum Gasteiger partial charge on any atom is -0.337 e. The van der Waals surface area contributed by atoms with Crippen molar-refractivity contribution in [3.05, 3.63) is 28.7 Å². The van der Waals surface area contributed by atoms with Gasteiger partial charge in [-0.05, 0) is 25.0 Å². The van der Waals surface area contributed by atoms with Crippen molar-refractivity contribution in [3.63, 3.8) is 0 Å². The summed E-state index contributed by atoms with van der Waals surface area (Å²) in [5.41, 5.74) is -1.13. The summed E-state index contributed by atoms with van der Waals surface area (Å²) >= 11 is 5.79. The smallest absolute Gasteiger partial charge is 0.337 e. The van der Waals surface area contributed by atoms with E-state index in [0.717, 1.165) is 23.8 Å². The van der Waals surface area contributed by atoms with Crippen molar-refractivity contribution < 1.29 is 18.0 Å². The van der Waals surface area contributed by atoms with Gasteiger partial charge in [0, 0.05) is 13.0 Å². The number of hydrogen-bond acceptors (Lipinski definition) is 3. The third kappa shape index (κ3) is 3.26. The van der Waals surface area contributed by atoms with E-state index in [-0.39, 0.29) is 28.9 Å². The lowest BCUT2D eigenvalue weighted by atomic mass is 10.2. The van der Waals surface area contributed by atoms with Crippen LogP contribution in [0.3, 0.4) is 0 Å². The number of hydrogen-bond donors (Lipinski definition) is 0. The maximum Gasteiger partial charge on any atom is 0.435 e. The molecule has 0 radical (unpaired) electrons. The highest BCUT2D eigenvalue weighted by Gasteiger charge is 2.39. The van der Waals surface area contributed by atoms with Gasteiger partial charge in [0.1, 0.15) is 5.15 Å². The van der Waals surface area contributed by atoms with Crippen LogP contribution in [0.15, 0.2) is 12.1 Å². The predicted octanol–water partition coefficient (Wildman–Crippen LogP) is 3.30. The normalized spacial score (nSPS) is 16.9. The number of amides is 1. The molecule has 0 atom stereocenters. The summed E-state index contributed by atoms with van der Waals surface area (Å²) in [7, 11) is 0. The van der Waals surface area contributed by atoms with Crippen LogP contribution < -0.4 is 0 Å². The Morgan fingerprint density at radius 1 is 1.22 bits per heavy atom. The zero-order valence-corrected chi connectivity index (χ0v) is 12.9. The van der Waals surface area contributed by atoms with Gasteiger partial charge >= 0.3 is 6.18 Å². The van der Waals surface area contributed by atoms with E-state index in [9.17, 15) is 18.0 Å². The number of carbonyl (C=O) groups is 1. The molecule has 3 rings (SSSR count). The number of halogens is 4. The summed E-state index contributed by atoms with van der Waals surface area (Å²) in [6, 6.07) is 2.75. The van der Waals surface area contributed by atoms with Crippen LogP contribution in [0.1, 0.15) is 37.1 Å². The molecule has 0 aromatic carbocycles. The van der Waals surface area contributed by atoms with Crippen LogP contribution in [-0.4, -0.2) is 31.9 Å². The zero-order chi connectivity index (χ0) is 16.6. The number of fused-ring (bicyclic) bond motifs is 1. The first kappa shape index (κ1) is 16.0. The average molecular weight is 347 g/mol. The van der Waals surface area contributed by atoms with E-state index in [1.165, 1.54) is 17.0 Å². The summed E-state index contributed by atoms with van der Waals surface area (Å²) < 4.78 is 40.9. The van der Waals surface area contributed by atoms with E-state index >= 15 is 0 Å².